The Balaban J connectivity index is 1.52. The van der Waals surface area contributed by atoms with Crippen LogP contribution in [0.5, 0.6) is 5.75 Å². The standard InChI is InChI=1S/C21H25N3O2S/c1-14(9-10-16-7-5-4-6-8-16)22-20(25)15(2)27-21-23-18-12-11-17(26-3)13-19(18)24-21/h4-8,11-15H,9-10H2,1-3H3,(H,22,25)(H,23,24)/t14-,15-/m1/s1. The second kappa shape index (κ2) is 8.95. The van der Waals surface area contributed by atoms with Crippen LogP contribution in [0.25, 0.3) is 11.0 Å². The first-order chi connectivity index (χ1) is 13.0. The van der Waals surface area contributed by atoms with Crippen LogP contribution in [0.4, 0.5) is 0 Å². The van der Waals surface area contributed by atoms with E-state index < -0.39 is 0 Å². The summed E-state index contributed by atoms with van der Waals surface area (Å²) in [6, 6.07) is 16.1. The highest BCUT2D eigenvalue weighted by Crippen LogP contribution is 2.25. The second-order valence-electron chi connectivity index (χ2n) is 6.62. The summed E-state index contributed by atoms with van der Waals surface area (Å²) in [7, 11) is 1.64. The number of thioether (sulfide) groups is 1. The minimum absolute atomic E-state index is 0.0265. The summed E-state index contributed by atoms with van der Waals surface area (Å²) in [6.07, 6.45) is 1.87. The lowest BCUT2D eigenvalue weighted by molar-refractivity contribution is -0.120. The molecule has 1 aromatic heterocycles. The van der Waals surface area contributed by atoms with Crippen molar-refractivity contribution in [3.63, 3.8) is 0 Å². The highest BCUT2D eigenvalue weighted by molar-refractivity contribution is 8.00. The molecule has 2 aromatic carbocycles. The fraction of sp³-hybridized carbons (Fsp3) is 0.333. The Morgan fingerprint density at radius 1 is 1.22 bits per heavy atom. The van der Waals surface area contributed by atoms with Gasteiger partial charge in [0.15, 0.2) is 5.16 Å². The Hall–Kier alpha value is -2.47. The number of aromatic amines is 1. The van der Waals surface area contributed by atoms with Crippen LogP contribution in [0.3, 0.4) is 0 Å². The molecule has 2 N–H and O–H groups in total. The van der Waals surface area contributed by atoms with E-state index in [1.807, 2.05) is 50.2 Å². The highest BCUT2D eigenvalue weighted by atomic mass is 32.2. The number of aryl methyl sites for hydroxylation is 1. The predicted molar refractivity (Wildman–Crippen MR) is 110 cm³/mol. The number of carbonyl (C=O) groups is 1. The van der Waals surface area contributed by atoms with E-state index in [9.17, 15) is 4.79 Å². The Kier molecular flexibility index (Phi) is 6.40. The number of amides is 1. The van der Waals surface area contributed by atoms with Gasteiger partial charge in [0.05, 0.1) is 23.4 Å². The number of aromatic nitrogens is 2. The van der Waals surface area contributed by atoms with Crippen molar-refractivity contribution in [2.45, 2.75) is 43.1 Å². The van der Waals surface area contributed by atoms with Crippen molar-refractivity contribution in [3.8, 4) is 5.75 Å². The van der Waals surface area contributed by atoms with Crippen molar-refractivity contribution in [2.24, 2.45) is 0 Å². The molecule has 0 spiro atoms. The molecule has 3 aromatic rings. The molecule has 0 saturated carbocycles. The lowest BCUT2D eigenvalue weighted by Crippen LogP contribution is -2.37. The van der Waals surface area contributed by atoms with Crippen molar-refractivity contribution in [1.82, 2.24) is 15.3 Å². The van der Waals surface area contributed by atoms with Gasteiger partial charge in [-0.15, -0.1) is 0 Å². The van der Waals surface area contributed by atoms with Gasteiger partial charge in [0, 0.05) is 12.1 Å². The smallest absolute Gasteiger partial charge is 0.233 e. The molecular formula is C21H25N3O2S. The third kappa shape index (κ3) is 5.26. The Morgan fingerprint density at radius 2 is 2.00 bits per heavy atom. The van der Waals surface area contributed by atoms with Gasteiger partial charge in [-0.05, 0) is 44.4 Å². The predicted octanol–water partition coefficient (Wildman–Crippen LogP) is 4.19. The average Bonchev–Trinajstić information content (AvgIpc) is 3.08. The van der Waals surface area contributed by atoms with Gasteiger partial charge in [0.25, 0.3) is 0 Å². The molecule has 3 rings (SSSR count). The van der Waals surface area contributed by atoms with E-state index in [1.54, 1.807) is 7.11 Å². The van der Waals surface area contributed by atoms with Gasteiger partial charge in [0.1, 0.15) is 5.75 Å². The second-order valence-corrected chi connectivity index (χ2v) is 7.95. The minimum atomic E-state index is -0.230. The van der Waals surface area contributed by atoms with Crippen LogP contribution in [0.2, 0.25) is 0 Å². The summed E-state index contributed by atoms with van der Waals surface area (Å²) < 4.78 is 5.23. The van der Waals surface area contributed by atoms with E-state index in [4.69, 9.17) is 4.74 Å². The summed E-state index contributed by atoms with van der Waals surface area (Å²) >= 11 is 1.43. The first kappa shape index (κ1) is 19.3. The molecule has 0 radical (unpaired) electrons. The molecule has 0 aliphatic heterocycles. The molecule has 0 aliphatic carbocycles. The Morgan fingerprint density at radius 3 is 2.74 bits per heavy atom. The van der Waals surface area contributed by atoms with Crippen LogP contribution in [0.1, 0.15) is 25.8 Å². The summed E-state index contributed by atoms with van der Waals surface area (Å²) in [5.41, 5.74) is 3.06. The number of hydrogen-bond donors (Lipinski definition) is 2. The third-order valence-corrected chi connectivity index (χ3v) is 5.41. The fourth-order valence-corrected chi connectivity index (χ4v) is 3.66. The van der Waals surface area contributed by atoms with Crippen LogP contribution in [0.15, 0.2) is 53.7 Å². The normalized spacial score (nSPS) is 13.3. The third-order valence-electron chi connectivity index (χ3n) is 4.42. The molecule has 142 valence electrons. The lowest BCUT2D eigenvalue weighted by Gasteiger charge is -2.16. The van der Waals surface area contributed by atoms with E-state index in [0.29, 0.717) is 0 Å². The monoisotopic (exact) mass is 383 g/mol. The largest absolute Gasteiger partial charge is 0.497 e. The number of rotatable bonds is 8. The first-order valence-electron chi connectivity index (χ1n) is 9.10. The van der Waals surface area contributed by atoms with Crippen molar-refractivity contribution < 1.29 is 9.53 Å². The summed E-state index contributed by atoms with van der Waals surface area (Å²) in [5, 5.41) is 3.60. The fourth-order valence-electron chi connectivity index (χ4n) is 2.83. The molecule has 0 aliphatic rings. The zero-order chi connectivity index (χ0) is 19.2. The van der Waals surface area contributed by atoms with E-state index in [-0.39, 0.29) is 17.2 Å². The van der Waals surface area contributed by atoms with Gasteiger partial charge in [-0.3, -0.25) is 4.79 Å². The van der Waals surface area contributed by atoms with E-state index in [1.165, 1.54) is 17.3 Å². The number of nitrogens with one attached hydrogen (secondary N) is 2. The van der Waals surface area contributed by atoms with Crippen LogP contribution in [-0.2, 0) is 11.2 Å². The zero-order valence-corrected chi connectivity index (χ0v) is 16.7. The topological polar surface area (TPSA) is 67.0 Å². The summed E-state index contributed by atoms with van der Waals surface area (Å²) in [5.74, 6) is 0.805. The highest BCUT2D eigenvalue weighted by Gasteiger charge is 2.18. The lowest BCUT2D eigenvalue weighted by atomic mass is 10.1. The number of hydrogen-bond acceptors (Lipinski definition) is 4. The molecule has 5 nitrogen and oxygen atoms in total. The van der Waals surface area contributed by atoms with Gasteiger partial charge < -0.3 is 15.0 Å². The van der Waals surface area contributed by atoms with Crippen LogP contribution in [-0.4, -0.2) is 34.3 Å². The Bertz CT molecular complexity index is 895. The van der Waals surface area contributed by atoms with Crippen molar-refractivity contribution >= 4 is 28.7 Å². The number of methoxy groups -OCH3 is 1. The molecule has 0 fully saturated rings. The average molecular weight is 384 g/mol. The molecule has 27 heavy (non-hydrogen) atoms. The SMILES string of the molecule is COc1ccc2nc(S[C@H](C)C(=O)N[C@H](C)CCc3ccccc3)[nH]c2c1. The quantitative estimate of drug-likeness (QED) is 0.573. The number of nitrogens with zero attached hydrogens (tertiary/aromatic N) is 1. The zero-order valence-electron chi connectivity index (χ0n) is 15.9. The molecule has 1 heterocycles. The molecule has 2 atom stereocenters. The number of carbonyl (C=O) groups excluding carboxylic acids is 1. The molecule has 0 bridgehead atoms. The number of imidazole rings is 1. The molecular weight excluding hydrogens is 358 g/mol. The van der Waals surface area contributed by atoms with Crippen molar-refractivity contribution in [2.75, 3.05) is 7.11 Å². The van der Waals surface area contributed by atoms with Gasteiger partial charge in [-0.25, -0.2) is 4.98 Å². The maximum absolute atomic E-state index is 12.5. The van der Waals surface area contributed by atoms with Crippen molar-refractivity contribution in [3.05, 3.63) is 54.1 Å². The van der Waals surface area contributed by atoms with Gasteiger partial charge >= 0.3 is 0 Å². The maximum atomic E-state index is 12.5. The van der Waals surface area contributed by atoms with Crippen LogP contribution < -0.4 is 10.1 Å². The van der Waals surface area contributed by atoms with E-state index in [0.717, 1.165) is 34.8 Å². The maximum Gasteiger partial charge on any atom is 0.233 e. The van der Waals surface area contributed by atoms with Gasteiger partial charge in [0.2, 0.25) is 5.91 Å². The minimum Gasteiger partial charge on any atom is -0.497 e. The van der Waals surface area contributed by atoms with Crippen molar-refractivity contribution in [1.29, 1.82) is 0 Å². The molecule has 0 unspecified atom stereocenters. The molecule has 1 amide bonds. The van der Waals surface area contributed by atoms with Crippen LogP contribution >= 0.6 is 11.8 Å². The number of ether oxygens (including phenoxy) is 1. The molecule has 6 heteroatoms. The number of fused-ring (bicyclic) bond motifs is 1. The number of H-pyrrole nitrogens is 1. The summed E-state index contributed by atoms with van der Waals surface area (Å²) in [4.78, 5) is 20.3. The van der Waals surface area contributed by atoms with Crippen LogP contribution in [0, 0.1) is 0 Å². The van der Waals surface area contributed by atoms with E-state index >= 15 is 0 Å². The van der Waals surface area contributed by atoms with Gasteiger partial charge in [-0.2, -0.15) is 0 Å². The van der Waals surface area contributed by atoms with Gasteiger partial charge in [-0.1, -0.05) is 42.1 Å². The Labute approximate surface area is 163 Å². The first-order valence-corrected chi connectivity index (χ1v) is 9.98. The number of benzene rings is 2. The molecule has 0 saturated heterocycles. The van der Waals surface area contributed by atoms with E-state index in [2.05, 4.69) is 27.4 Å². The summed E-state index contributed by atoms with van der Waals surface area (Å²) in [6.45, 7) is 3.95.